The molecule has 4 fully saturated rings. The lowest BCUT2D eigenvalue weighted by Gasteiger charge is -2.61. The topological polar surface area (TPSA) is 49.7 Å². The first-order chi connectivity index (χ1) is 8.79. The van der Waals surface area contributed by atoms with Gasteiger partial charge in [0, 0.05) is 12.3 Å². The summed E-state index contributed by atoms with van der Waals surface area (Å²) in [5, 5.41) is 10.1. The number of carbonyl (C=O) groups excluding carboxylic acids is 1. The summed E-state index contributed by atoms with van der Waals surface area (Å²) in [6, 6.07) is 0. The first-order valence-electron chi connectivity index (χ1n) is 6.94. The maximum atomic E-state index is 13.6. The van der Waals surface area contributed by atoms with Gasteiger partial charge >= 0.3 is 0 Å². The van der Waals surface area contributed by atoms with Gasteiger partial charge in [-0.2, -0.15) is 4.99 Å². The highest BCUT2D eigenvalue weighted by Crippen LogP contribution is 2.65. The molecule has 3 unspecified atom stereocenters. The summed E-state index contributed by atoms with van der Waals surface area (Å²) in [5.74, 6) is -2.47. The Balaban J connectivity index is 1.98. The molecule has 0 radical (unpaired) electrons. The van der Waals surface area contributed by atoms with Crippen molar-refractivity contribution in [3.8, 4) is 0 Å². The highest BCUT2D eigenvalue weighted by Gasteiger charge is 2.63. The van der Waals surface area contributed by atoms with E-state index >= 15 is 0 Å². The first kappa shape index (κ1) is 13.2. The number of nitrogens with zero attached hydrogens (tertiary/aromatic N) is 1. The molecule has 3 atom stereocenters. The molecule has 4 rings (SSSR count). The maximum absolute atomic E-state index is 13.6. The van der Waals surface area contributed by atoms with Crippen LogP contribution >= 0.6 is 0 Å². The van der Waals surface area contributed by atoms with Crippen LogP contribution in [0.5, 0.6) is 0 Å². The highest BCUT2D eigenvalue weighted by molar-refractivity contribution is 5.36. The van der Waals surface area contributed by atoms with E-state index in [1.165, 1.54) is 0 Å². The minimum atomic E-state index is -3.10. The monoisotopic (exact) mass is 271 g/mol. The summed E-state index contributed by atoms with van der Waals surface area (Å²) in [6.07, 6.45) is 4.30. The number of aliphatic hydroxyl groups excluding tert-OH is 1. The van der Waals surface area contributed by atoms with Crippen molar-refractivity contribution in [2.75, 3.05) is 0 Å². The van der Waals surface area contributed by atoms with E-state index in [2.05, 4.69) is 4.99 Å². The van der Waals surface area contributed by atoms with E-state index in [1.54, 1.807) is 6.08 Å². The van der Waals surface area contributed by atoms with Gasteiger partial charge in [-0.25, -0.2) is 13.6 Å². The molecule has 1 N–H and O–H groups in total. The van der Waals surface area contributed by atoms with E-state index in [9.17, 15) is 18.7 Å². The number of hydrogen-bond acceptors (Lipinski definition) is 3. The van der Waals surface area contributed by atoms with Crippen molar-refractivity contribution < 1.29 is 18.7 Å². The van der Waals surface area contributed by atoms with Crippen LogP contribution in [0, 0.1) is 17.3 Å². The predicted molar refractivity (Wildman–Crippen MR) is 64.6 cm³/mol. The summed E-state index contributed by atoms with van der Waals surface area (Å²) in [5.41, 5.74) is -1.29. The molecular formula is C14H19F2NO2. The third-order valence-electron chi connectivity index (χ3n) is 5.42. The van der Waals surface area contributed by atoms with Crippen LogP contribution < -0.4 is 0 Å². The zero-order chi connectivity index (χ0) is 13.9. The lowest BCUT2D eigenvalue weighted by molar-refractivity contribution is -0.204. The molecule has 4 saturated carbocycles. The number of rotatable bonds is 3. The van der Waals surface area contributed by atoms with Gasteiger partial charge < -0.3 is 5.11 Å². The SMILES string of the molecule is CC(F)(F)C(O)C12CC3CC(CC(N=C=O)(C3)C1)C2. The lowest BCUT2D eigenvalue weighted by atomic mass is 9.45. The van der Waals surface area contributed by atoms with E-state index in [1.807, 2.05) is 0 Å². The standard InChI is InChI=1S/C14H19F2NO2/c1-12(15,16)11(19)13-3-9-2-10(4-13)6-14(5-9,7-13)17-8-18/h9-11,19H,2-7H2,1H3. The molecule has 0 saturated heterocycles. The van der Waals surface area contributed by atoms with Crippen molar-refractivity contribution in [1.29, 1.82) is 0 Å². The van der Waals surface area contributed by atoms with Gasteiger partial charge in [0.15, 0.2) is 0 Å². The Morgan fingerprint density at radius 2 is 1.89 bits per heavy atom. The molecule has 0 aromatic carbocycles. The largest absolute Gasteiger partial charge is 0.386 e. The van der Waals surface area contributed by atoms with Crippen LogP contribution in [0.3, 0.4) is 0 Å². The van der Waals surface area contributed by atoms with Crippen LogP contribution in [0.2, 0.25) is 0 Å². The lowest BCUT2D eigenvalue weighted by Crippen LogP contribution is -2.61. The fourth-order valence-electron chi connectivity index (χ4n) is 5.37. The Bertz CT molecular complexity index is 425. The van der Waals surface area contributed by atoms with Crippen LogP contribution in [-0.2, 0) is 4.79 Å². The van der Waals surface area contributed by atoms with Gasteiger partial charge in [0.1, 0.15) is 6.10 Å². The molecule has 4 aliphatic carbocycles. The molecular weight excluding hydrogens is 252 g/mol. The molecule has 5 heteroatoms. The summed E-state index contributed by atoms with van der Waals surface area (Å²) >= 11 is 0. The van der Waals surface area contributed by atoms with Crippen LogP contribution in [-0.4, -0.2) is 28.8 Å². The van der Waals surface area contributed by atoms with Gasteiger partial charge in [0.05, 0.1) is 5.54 Å². The molecule has 0 amide bonds. The van der Waals surface area contributed by atoms with E-state index in [4.69, 9.17) is 0 Å². The van der Waals surface area contributed by atoms with Crippen molar-refractivity contribution in [2.24, 2.45) is 22.2 Å². The Morgan fingerprint density at radius 1 is 1.32 bits per heavy atom. The average molecular weight is 271 g/mol. The number of hydrogen-bond donors (Lipinski definition) is 1. The molecule has 19 heavy (non-hydrogen) atoms. The number of aliphatic hydroxyl groups is 1. The van der Waals surface area contributed by atoms with Crippen molar-refractivity contribution in [1.82, 2.24) is 0 Å². The summed E-state index contributed by atoms with van der Waals surface area (Å²) in [4.78, 5) is 14.6. The normalized spacial score (nSPS) is 45.9. The molecule has 4 bridgehead atoms. The van der Waals surface area contributed by atoms with Crippen molar-refractivity contribution in [2.45, 2.75) is 63.0 Å². The minimum Gasteiger partial charge on any atom is -0.386 e. The van der Waals surface area contributed by atoms with Crippen molar-refractivity contribution >= 4 is 6.08 Å². The van der Waals surface area contributed by atoms with Gasteiger partial charge in [-0.3, -0.25) is 0 Å². The fourth-order valence-corrected chi connectivity index (χ4v) is 5.37. The van der Waals surface area contributed by atoms with Gasteiger partial charge in [-0.1, -0.05) is 0 Å². The van der Waals surface area contributed by atoms with Gasteiger partial charge in [-0.15, -0.1) is 0 Å². The molecule has 0 aromatic rings. The Kier molecular flexibility index (Phi) is 2.68. The van der Waals surface area contributed by atoms with Gasteiger partial charge in [-0.05, 0) is 50.4 Å². The second-order valence-electron chi connectivity index (χ2n) is 7.11. The maximum Gasteiger partial charge on any atom is 0.271 e. The molecule has 3 nitrogen and oxygen atoms in total. The molecule has 0 aliphatic heterocycles. The molecule has 4 aliphatic rings. The number of alkyl halides is 2. The van der Waals surface area contributed by atoms with E-state index in [-0.39, 0.29) is 0 Å². The Labute approximate surface area is 111 Å². The summed E-state index contributed by atoms with van der Waals surface area (Å²) < 4.78 is 27.2. The van der Waals surface area contributed by atoms with Crippen LogP contribution in [0.4, 0.5) is 8.78 Å². The second-order valence-corrected chi connectivity index (χ2v) is 7.11. The van der Waals surface area contributed by atoms with Crippen LogP contribution in [0.15, 0.2) is 4.99 Å². The van der Waals surface area contributed by atoms with Gasteiger partial charge in [0.25, 0.3) is 5.92 Å². The zero-order valence-electron chi connectivity index (χ0n) is 11.0. The second kappa shape index (κ2) is 3.86. The predicted octanol–water partition coefficient (Wildman–Crippen LogP) is 2.68. The minimum absolute atomic E-state index is 0.315. The third kappa shape index (κ3) is 1.95. The van der Waals surface area contributed by atoms with Crippen LogP contribution in [0.25, 0.3) is 0 Å². The molecule has 0 heterocycles. The third-order valence-corrected chi connectivity index (χ3v) is 5.42. The Hall–Kier alpha value is -0.800. The average Bonchev–Trinajstić information content (AvgIpc) is 2.24. The number of aliphatic imine (C=N–C) groups is 1. The first-order valence-corrected chi connectivity index (χ1v) is 6.94. The molecule has 106 valence electrons. The van der Waals surface area contributed by atoms with Crippen molar-refractivity contribution in [3.05, 3.63) is 0 Å². The quantitative estimate of drug-likeness (QED) is 0.633. The molecule has 0 spiro atoms. The van der Waals surface area contributed by atoms with E-state index < -0.39 is 23.0 Å². The number of halogens is 2. The molecule has 0 aromatic heterocycles. The Morgan fingerprint density at radius 3 is 2.37 bits per heavy atom. The van der Waals surface area contributed by atoms with Gasteiger partial charge in [0.2, 0.25) is 6.08 Å². The summed E-state index contributed by atoms with van der Waals surface area (Å²) in [6.45, 7) is 0.784. The smallest absolute Gasteiger partial charge is 0.271 e. The highest BCUT2D eigenvalue weighted by atomic mass is 19.3. The fraction of sp³-hybridized carbons (Fsp3) is 0.929. The summed E-state index contributed by atoms with van der Waals surface area (Å²) in [7, 11) is 0. The van der Waals surface area contributed by atoms with E-state index in [0.29, 0.717) is 31.1 Å². The van der Waals surface area contributed by atoms with Crippen LogP contribution in [0.1, 0.15) is 45.4 Å². The number of isocyanates is 1. The van der Waals surface area contributed by atoms with E-state index in [0.717, 1.165) is 26.2 Å². The van der Waals surface area contributed by atoms with Crippen molar-refractivity contribution in [3.63, 3.8) is 0 Å². The zero-order valence-corrected chi connectivity index (χ0v) is 11.0.